The zero-order valence-electron chi connectivity index (χ0n) is 12.2. The van der Waals surface area contributed by atoms with Gasteiger partial charge in [0.05, 0.1) is 19.0 Å². The van der Waals surface area contributed by atoms with E-state index < -0.39 is 6.10 Å². The molecule has 0 amide bonds. The van der Waals surface area contributed by atoms with Crippen molar-refractivity contribution in [1.29, 1.82) is 0 Å². The lowest BCUT2D eigenvalue weighted by Gasteiger charge is -2.08. The lowest BCUT2D eigenvalue weighted by molar-refractivity contribution is 0.147. The van der Waals surface area contributed by atoms with Crippen LogP contribution in [0.4, 0.5) is 0 Å². The Bertz CT molecular complexity index is 677. The molecule has 1 aromatic carbocycles. The summed E-state index contributed by atoms with van der Waals surface area (Å²) in [6.07, 6.45) is 4.79. The molecule has 0 saturated heterocycles. The quantitative estimate of drug-likeness (QED) is 0.702. The van der Waals surface area contributed by atoms with Gasteiger partial charge < -0.3 is 14.8 Å². The second kappa shape index (κ2) is 7.06. The zero-order chi connectivity index (χ0) is 15.2. The summed E-state index contributed by atoms with van der Waals surface area (Å²) in [6.45, 7) is 1.86. The first-order chi connectivity index (χ1) is 10.8. The van der Waals surface area contributed by atoms with E-state index in [0.29, 0.717) is 18.8 Å². The van der Waals surface area contributed by atoms with Gasteiger partial charge in [-0.3, -0.25) is 4.68 Å². The van der Waals surface area contributed by atoms with E-state index in [1.807, 2.05) is 35.3 Å². The standard InChI is InChI=1S/C17H19N3O2/c21-16(17-7-4-8-22-17)11-18-9-15-10-19-20(13-15)12-14-5-2-1-3-6-14/h1-8,10,13,16,18,21H,9,11-12H2. The van der Waals surface area contributed by atoms with Crippen molar-refractivity contribution in [2.45, 2.75) is 19.2 Å². The van der Waals surface area contributed by atoms with Gasteiger partial charge in [-0.1, -0.05) is 30.3 Å². The minimum absolute atomic E-state index is 0.442. The predicted octanol–water partition coefficient (Wildman–Crippen LogP) is 2.35. The van der Waals surface area contributed by atoms with Crippen LogP contribution in [0.25, 0.3) is 0 Å². The molecule has 0 aliphatic heterocycles. The normalized spacial score (nSPS) is 12.4. The molecular weight excluding hydrogens is 278 g/mol. The maximum absolute atomic E-state index is 9.91. The van der Waals surface area contributed by atoms with Crippen molar-refractivity contribution in [3.05, 3.63) is 78.0 Å². The summed E-state index contributed by atoms with van der Waals surface area (Å²) in [4.78, 5) is 0. The molecule has 2 aromatic heterocycles. The third-order valence-corrected chi connectivity index (χ3v) is 3.41. The van der Waals surface area contributed by atoms with Crippen molar-refractivity contribution in [1.82, 2.24) is 15.1 Å². The summed E-state index contributed by atoms with van der Waals surface area (Å²) in [5, 5.41) is 17.5. The second-order valence-corrected chi connectivity index (χ2v) is 5.19. The lowest BCUT2D eigenvalue weighted by Crippen LogP contribution is -2.20. The summed E-state index contributed by atoms with van der Waals surface area (Å²) in [7, 11) is 0. The Labute approximate surface area is 129 Å². The summed E-state index contributed by atoms with van der Waals surface area (Å²) >= 11 is 0. The van der Waals surface area contributed by atoms with Crippen LogP contribution in [-0.2, 0) is 13.1 Å². The highest BCUT2D eigenvalue weighted by Crippen LogP contribution is 2.12. The smallest absolute Gasteiger partial charge is 0.133 e. The minimum Gasteiger partial charge on any atom is -0.467 e. The van der Waals surface area contributed by atoms with E-state index in [-0.39, 0.29) is 0 Å². The van der Waals surface area contributed by atoms with Crippen LogP contribution in [0.1, 0.15) is 23.0 Å². The van der Waals surface area contributed by atoms with Crippen molar-refractivity contribution >= 4 is 0 Å². The predicted molar refractivity (Wildman–Crippen MR) is 83.1 cm³/mol. The zero-order valence-corrected chi connectivity index (χ0v) is 12.2. The molecule has 22 heavy (non-hydrogen) atoms. The fourth-order valence-corrected chi connectivity index (χ4v) is 2.29. The molecule has 1 atom stereocenters. The molecule has 3 aromatic rings. The van der Waals surface area contributed by atoms with Gasteiger partial charge in [0.15, 0.2) is 0 Å². The molecule has 0 aliphatic carbocycles. The van der Waals surface area contributed by atoms with Crippen molar-refractivity contribution in [2.75, 3.05) is 6.54 Å². The van der Waals surface area contributed by atoms with Crippen LogP contribution < -0.4 is 5.32 Å². The second-order valence-electron chi connectivity index (χ2n) is 5.19. The molecule has 3 rings (SSSR count). The summed E-state index contributed by atoms with van der Waals surface area (Å²) in [6, 6.07) is 13.8. The highest BCUT2D eigenvalue weighted by atomic mass is 16.4. The number of aromatic nitrogens is 2. The number of aliphatic hydroxyl groups excluding tert-OH is 1. The molecule has 5 heteroatoms. The number of hydrogen-bond donors (Lipinski definition) is 2. The van der Waals surface area contributed by atoms with E-state index in [1.165, 1.54) is 5.56 Å². The lowest BCUT2D eigenvalue weighted by atomic mass is 10.2. The number of benzene rings is 1. The molecule has 0 fully saturated rings. The monoisotopic (exact) mass is 297 g/mol. The molecular formula is C17H19N3O2. The minimum atomic E-state index is -0.630. The van der Waals surface area contributed by atoms with Gasteiger partial charge in [0.2, 0.25) is 0 Å². The number of hydrogen-bond acceptors (Lipinski definition) is 4. The molecule has 0 bridgehead atoms. The number of rotatable bonds is 7. The van der Waals surface area contributed by atoms with Gasteiger partial charge in [0.1, 0.15) is 11.9 Å². The summed E-state index contributed by atoms with van der Waals surface area (Å²) < 4.78 is 7.07. The van der Waals surface area contributed by atoms with Crippen LogP contribution in [0.2, 0.25) is 0 Å². The van der Waals surface area contributed by atoms with Crippen LogP contribution in [0.3, 0.4) is 0 Å². The van der Waals surface area contributed by atoms with Gasteiger partial charge in [-0.05, 0) is 17.7 Å². The molecule has 2 heterocycles. The van der Waals surface area contributed by atoms with Gasteiger partial charge in [-0.15, -0.1) is 0 Å². The molecule has 0 aliphatic rings. The summed E-state index contributed by atoms with van der Waals surface area (Å²) in [5.74, 6) is 0.576. The Morgan fingerprint density at radius 3 is 2.77 bits per heavy atom. The highest BCUT2D eigenvalue weighted by molar-refractivity contribution is 5.15. The van der Waals surface area contributed by atoms with E-state index in [9.17, 15) is 5.11 Å². The molecule has 0 spiro atoms. The van der Waals surface area contributed by atoms with E-state index in [4.69, 9.17) is 4.42 Å². The van der Waals surface area contributed by atoms with Gasteiger partial charge >= 0.3 is 0 Å². The maximum atomic E-state index is 9.91. The first-order valence-electron chi connectivity index (χ1n) is 7.29. The highest BCUT2D eigenvalue weighted by Gasteiger charge is 2.09. The number of nitrogens with one attached hydrogen (secondary N) is 1. The van der Waals surface area contributed by atoms with E-state index in [1.54, 1.807) is 18.4 Å². The molecule has 0 radical (unpaired) electrons. The Kier molecular flexibility index (Phi) is 4.68. The third-order valence-electron chi connectivity index (χ3n) is 3.41. The first kappa shape index (κ1) is 14.6. The molecule has 114 valence electrons. The van der Waals surface area contributed by atoms with E-state index >= 15 is 0 Å². The van der Waals surface area contributed by atoms with Crippen LogP contribution in [0, 0.1) is 0 Å². The Morgan fingerprint density at radius 1 is 1.14 bits per heavy atom. The fourth-order valence-electron chi connectivity index (χ4n) is 2.29. The fraction of sp³-hybridized carbons (Fsp3) is 0.235. The topological polar surface area (TPSA) is 63.2 Å². The largest absolute Gasteiger partial charge is 0.467 e. The third kappa shape index (κ3) is 3.84. The SMILES string of the molecule is OC(CNCc1cnn(Cc2ccccc2)c1)c1ccco1. The molecule has 1 unspecified atom stereocenters. The Balaban J connectivity index is 1.48. The van der Waals surface area contributed by atoms with Gasteiger partial charge in [-0.2, -0.15) is 5.10 Å². The van der Waals surface area contributed by atoms with Crippen LogP contribution in [-0.4, -0.2) is 21.4 Å². The number of furan rings is 1. The van der Waals surface area contributed by atoms with Crippen molar-refractivity contribution < 1.29 is 9.52 Å². The van der Waals surface area contributed by atoms with Crippen LogP contribution in [0.5, 0.6) is 0 Å². The average Bonchev–Trinajstić information content (AvgIpc) is 3.20. The van der Waals surface area contributed by atoms with Crippen molar-refractivity contribution in [3.8, 4) is 0 Å². The van der Waals surface area contributed by atoms with Gasteiger partial charge in [0.25, 0.3) is 0 Å². The van der Waals surface area contributed by atoms with Crippen molar-refractivity contribution in [2.24, 2.45) is 0 Å². The number of aliphatic hydroxyl groups is 1. The van der Waals surface area contributed by atoms with Crippen LogP contribution in [0.15, 0.2) is 65.5 Å². The molecule has 5 nitrogen and oxygen atoms in total. The Morgan fingerprint density at radius 2 is 2.00 bits per heavy atom. The maximum Gasteiger partial charge on any atom is 0.133 e. The van der Waals surface area contributed by atoms with Gasteiger partial charge in [-0.25, -0.2) is 0 Å². The van der Waals surface area contributed by atoms with Crippen molar-refractivity contribution in [3.63, 3.8) is 0 Å². The first-order valence-corrected chi connectivity index (χ1v) is 7.29. The molecule has 2 N–H and O–H groups in total. The van der Waals surface area contributed by atoms with E-state index in [2.05, 4.69) is 22.5 Å². The summed E-state index contributed by atoms with van der Waals surface area (Å²) in [5.41, 5.74) is 2.31. The Hall–Kier alpha value is -2.37. The van der Waals surface area contributed by atoms with E-state index in [0.717, 1.165) is 12.1 Å². The number of nitrogens with zero attached hydrogens (tertiary/aromatic N) is 2. The van der Waals surface area contributed by atoms with Gasteiger partial charge in [0, 0.05) is 24.8 Å². The van der Waals surface area contributed by atoms with Crippen LogP contribution >= 0.6 is 0 Å². The molecule has 0 saturated carbocycles. The average molecular weight is 297 g/mol.